The van der Waals surface area contributed by atoms with E-state index in [0.29, 0.717) is 12.6 Å². The molecule has 1 N–H and O–H groups in total. The number of hydrogen-bond donors (Lipinski definition) is 1. The summed E-state index contributed by atoms with van der Waals surface area (Å²) in [5.74, 6) is 0.832. The Hall–Kier alpha value is -2.53. The van der Waals surface area contributed by atoms with E-state index in [4.69, 9.17) is 4.42 Å². The zero-order valence-corrected chi connectivity index (χ0v) is 15.3. The van der Waals surface area contributed by atoms with Crippen molar-refractivity contribution in [2.75, 3.05) is 13.1 Å². The first-order chi connectivity index (χ1) is 12.6. The molecule has 4 rings (SSSR count). The van der Waals surface area contributed by atoms with Crippen molar-refractivity contribution < 1.29 is 9.21 Å². The zero-order valence-electron chi connectivity index (χ0n) is 15.3. The number of nitrogens with zero attached hydrogens (tertiary/aromatic N) is 2. The van der Waals surface area contributed by atoms with Crippen molar-refractivity contribution in [3.63, 3.8) is 0 Å². The molecule has 2 atom stereocenters. The second-order valence-electron chi connectivity index (χ2n) is 7.15. The fourth-order valence-electron chi connectivity index (χ4n) is 3.93. The minimum Gasteiger partial charge on any atom is -0.459 e. The Labute approximate surface area is 153 Å². The fraction of sp³-hybridized carbons (Fsp3) is 0.381. The van der Waals surface area contributed by atoms with Crippen LogP contribution in [0.25, 0.3) is 11.0 Å². The Morgan fingerprint density at radius 2 is 2.15 bits per heavy atom. The van der Waals surface area contributed by atoms with Crippen molar-refractivity contribution in [2.24, 2.45) is 7.05 Å². The van der Waals surface area contributed by atoms with Gasteiger partial charge < -0.3 is 14.3 Å². The van der Waals surface area contributed by atoms with Gasteiger partial charge in [-0.05, 0) is 50.6 Å². The van der Waals surface area contributed by atoms with Gasteiger partial charge in [-0.1, -0.05) is 18.2 Å². The van der Waals surface area contributed by atoms with E-state index in [-0.39, 0.29) is 11.9 Å². The Kier molecular flexibility index (Phi) is 4.55. The van der Waals surface area contributed by atoms with Gasteiger partial charge in [-0.3, -0.25) is 9.69 Å². The minimum absolute atomic E-state index is 0.0408. The molecular formula is C21H25N3O2. The number of nitrogens with one attached hydrogen (secondary N) is 1. The topological polar surface area (TPSA) is 50.4 Å². The second kappa shape index (κ2) is 7.00. The van der Waals surface area contributed by atoms with E-state index in [1.54, 1.807) is 0 Å². The lowest BCUT2D eigenvalue weighted by Crippen LogP contribution is -2.38. The van der Waals surface area contributed by atoms with Gasteiger partial charge in [0.1, 0.15) is 11.3 Å². The van der Waals surface area contributed by atoms with Gasteiger partial charge in [-0.25, -0.2) is 0 Å². The third-order valence-electron chi connectivity index (χ3n) is 5.28. The van der Waals surface area contributed by atoms with Gasteiger partial charge in [-0.2, -0.15) is 0 Å². The van der Waals surface area contributed by atoms with Gasteiger partial charge in [0.15, 0.2) is 0 Å². The van der Waals surface area contributed by atoms with Gasteiger partial charge in [0.25, 0.3) is 0 Å². The van der Waals surface area contributed by atoms with E-state index >= 15 is 0 Å². The van der Waals surface area contributed by atoms with Crippen LogP contribution >= 0.6 is 0 Å². The highest BCUT2D eigenvalue weighted by molar-refractivity contribution is 5.80. The zero-order chi connectivity index (χ0) is 18.1. The number of amides is 1. The summed E-state index contributed by atoms with van der Waals surface area (Å²) < 4.78 is 8.02. The van der Waals surface area contributed by atoms with E-state index in [2.05, 4.69) is 40.2 Å². The van der Waals surface area contributed by atoms with E-state index in [9.17, 15) is 4.79 Å². The summed E-state index contributed by atoms with van der Waals surface area (Å²) in [5, 5.41) is 4.15. The number of benzene rings is 1. The predicted octanol–water partition coefficient (Wildman–Crippen LogP) is 3.79. The maximum absolute atomic E-state index is 12.6. The Balaban J connectivity index is 1.40. The molecule has 5 heteroatoms. The van der Waals surface area contributed by atoms with Crippen LogP contribution in [0.15, 0.2) is 53.1 Å². The number of furan rings is 1. The third kappa shape index (κ3) is 3.27. The highest BCUT2D eigenvalue weighted by Gasteiger charge is 2.29. The molecule has 5 nitrogen and oxygen atoms in total. The lowest BCUT2D eigenvalue weighted by molar-refractivity contribution is -0.123. The molecule has 1 aliphatic rings. The molecule has 3 aromatic rings. The number of carbonyl (C=O) groups excluding carboxylic acids is 1. The lowest BCUT2D eigenvalue weighted by Gasteiger charge is -2.25. The van der Waals surface area contributed by atoms with Gasteiger partial charge >= 0.3 is 0 Å². The quantitative estimate of drug-likeness (QED) is 0.761. The van der Waals surface area contributed by atoms with Gasteiger partial charge in [0, 0.05) is 24.3 Å². The number of para-hydroxylation sites is 1. The molecule has 1 saturated heterocycles. The Morgan fingerprint density at radius 1 is 1.31 bits per heavy atom. The monoisotopic (exact) mass is 351 g/mol. The first kappa shape index (κ1) is 16.9. The summed E-state index contributed by atoms with van der Waals surface area (Å²) in [6, 6.07) is 14.3. The molecule has 0 spiro atoms. The van der Waals surface area contributed by atoms with Crippen molar-refractivity contribution in [1.82, 2.24) is 14.8 Å². The van der Waals surface area contributed by atoms with E-state index in [0.717, 1.165) is 36.1 Å². The molecule has 0 unspecified atom stereocenters. The molecule has 26 heavy (non-hydrogen) atoms. The van der Waals surface area contributed by atoms with Crippen molar-refractivity contribution in [3.05, 3.63) is 60.1 Å². The number of aromatic nitrogens is 1. The summed E-state index contributed by atoms with van der Waals surface area (Å²) in [7, 11) is 2.07. The van der Waals surface area contributed by atoms with Crippen LogP contribution < -0.4 is 5.32 Å². The smallest absolute Gasteiger partial charge is 0.234 e. The molecule has 1 aliphatic heterocycles. The average molecular weight is 351 g/mol. The van der Waals surface area contributed by atoms with Gasteiger partial charge in [0.05, 0.1) is 18.6 Å². The molecule has 1 fully saturated rings. The molecule has 2 aromatic heterocycles. The molecule has 3 heterocycles. The Bertz CT molecular complexity index is 878. The maximum Gasteiger partial charge on any atom is 0.234 e. The minimum atomic E-state index is -0.147. The average Bonchev–Trinajstić information content (AvgIpc) is 3.33. The van der Waals surface area contributed by atoms with Crippen LogP contribution in [0.5, 0.6) is 0 Å². The van der Waals surface area contributed by atoms with Crippen LogP contribution in [0.2, 0.25) is 0 Å². The SMILES string of the molecule is C[C@H](NC(=O)CN1CCC[C@H]1c1cccn1C)c1cc2ccccc2o1. The number of rotatable bonds is 5. The number of carbonyl (C=O) groups is 1. The third-order valence-corrected chi connectivity index (χ3v) is 5.28. The predicted molar refractivity (Wildman–Crippen MR) is 102 cm³/mol. The summed E-state index contributed by atoms with van der Waals surface area (Å²) in [5.41, 5.74) is 2.13. The standard InChI is InChI=1S/C21H25N3O2/c1-15(20-13-16-7-3-4-10-19(16)26-20)22-21(25)14-24-12-6-9-18(24)17-8-5-11-23(17)2/h3-5,7-8,10-11,13,15,18H,6,9,12,14H2,1-2H3,(H,22,25)/t15-,18-/m0/s1. The molecule has 0 saturated carbocycles. The van der Waals surface area contributed by atoms with Crippen molar-refractivity contribution >= 4 is 16.9 Å². The first-order valence-electron chi connectivity index (χ1n) is 9.25. The summed E-state index contributed by atoms with van der Waals surface area (Å²) >= 11 is 0. The summed E-state index contributed by atoms with van der Waals surface area (Å²) in [6.45, 7) is 3.34. The van der Waals surface area contributed by atoms with E-state index in [1.807, 2.05) is 37.3 Å². The molecular weight excluding hydrogens is 326 g/mol. The van der Waals surface area contributed by atoms with E-state index < -0.39 is 0 Å². The van der Waals surface area contributed by atoms with E-state index in [1.165, 1.54) is 5.69 Å². The summed E-state index contributed by atoms with van der Waals surface area (Å²) in [6.07, 6.45) is 4.29. The molecule has 0 radical (unpaired) electrons. The normalized spacial score (nSPS) is 19.1. The molecule has 1 aromatic carbocycles. The van der Waals surface area contributed by atoms with Gasteiger partial charge in [-0.15, -0.1) is 0 Å². The number of likely N-dealkylation sites (tertiary alicyclic amines) is 1. The lowest BCUT2D eigenvalue weighted by atomic mass is 10.1. The second-order valence-corrected chi connectivity index (χ2v) is 7.15. The molecule has 0 aliphatic carbocycles. The van der Waals surface area contributed by atoms with Crippen LogP contribution in [-0.4, -0.2) is 28.5 Å². The van der Waals surface area contributed by atoms with Crippen LogP contribution in [0.3, 0.4) is 0 Å². The largest absolute Gasteiger partial charge is 0.459 e. The van der Waals surface area contributed by atoms with Crippen molar-refractivity contribution in [2.45, 2.75) is 31.8 Å². The Morgan fingerprint density at radius 3 is 2.92 bits per heavy atom. The highest BCUT2D eigenvalue weighted by Crippen LogP contribution is 2.31. The van der Waals surface area contributed by atoms with Crippen molar-refractivity contribution in [1.29, 1.82) is 0 Å². The summed E-state index contributed by atoms with van der Waals surface area (Å²) in [4.78, 5) is 14.9. The van der Waals surface area contributed by atoms with Crippen LogP contribution in [0.1, 0.15) is 43.3 Å². The van der Waals surface area contributed by atoms with Gasteiger partial charge in [0.2, 0.25) is 5.91 Å². The number of aryl methyl sites for hydroxylation is 1. The van der Waals surface area contributed by atoms with Crippen molar-refractivity contribution in [3.8, 4) is 0 Å². The number of hydrogen-bond acceptors (Lipinski definition) is 3. The van der Waals surface area contributed by atoms with Crippen LogP contribution in [0.4, 0.5) is 0 Å². The first-order valence-corrected chi connectivity index (χ1v) is 9.25. The van der Waals surface area contributed by atoms with Crippen LogP contribution in [0, 0.1) is 0 Å². The highest BCUT2D eigenvalue weighted by atomic mass is 16.3. The molecule has 1 amide bonds. The maximum atomic E-state index is 12.6. The molecule has 136 valence electrons. The number of fused-ring (bicyclic) bond motifs is 1. The fourth-order valence-corrected chi connectivity index (χ4v) is 3.93. The molecule has 0 bridgehead atoms. The van der Waals surface area contributed by atoms with Crippen LogP contribution in [-0.2, 0) is 11.8 Å².